The first-order valence-corrected chi connectivity index (χ1v) is 7.10. The summed E-state index contributed by atoms with van der Waals surface area (Å²) >= 11 is 0. The summed E-state index contributed by atoms with van der Waals surface area (Å²) in [7, 11) is 0. The Bertz CT molecular complexity index is 789. The fourth-order valence-electron chi connectivity index (χ4n) is 2.11. The van der Waals surface area contributed by atoms with Crippen molar-refractivity contribution in [2.45, 2.75) is 6.54 Å². The molecule has 0 bridgehead atoms. The number of rotatable bonds is 7. The van der Waals surface area contributed by atoms with Crippen molar-refractivity contribution in [3.63, 3.8) is 0 Å². The Balaban J connectivity index is 2.25. The van der Waals surface area contributed by atoms with Crippen LogP contribution in [0.5, 0.6) is 0 Å². The molecule has 2 rings (SSSR count). The molecule has 3 N–H and O–H groups in total. The van der Waals surface area contributed by atoms with E-state index in [1.807, 2.05) is 6.07 Å². The first-order valence-electron chi connectivity index (χ1n) is 7.10. The molecule has 0 aliphatic rings. The van der Waals surface area contributed by atoms with E-state index in [9.17, 15) is 14.5 Å². The van der Waals surface area contributed by atoms with Crippen LogP contribution in [-0.2, 0) is 6.54 Å². The fourth-order valence-corrected chi connectivity index (χ4v) is 2.11. The molecule has 2 aromatic carbocycles. The zero-order chi connectivity index (χ0) is 17.5. The van der Waals surface area contributed by atoms with Gasteiger partial charge in [-0.1, -0.05) is 0 Å². The Morgan fingerprint density at radius 2 is 2.00 bits per heavy atom. The minimum Gasteiger partial charge on any atom is -0.395 e. The van der Waals surface area contributed by atoms with Gasteiger partial charge in [0.05, 0.1) is 34.5 Å². The lowest BCUT2D eigenvalue weighted by molar-refractivity contribution is -0.384. The molecule has 8 heteroatoms. The number of nitrogens with one attached hydrogen (secondary N) is 2. The SMILES string of the molecule is N#Cc1ccc(F)c(CNc2cc([N+](=O)[O-])ccc2NCCO)c1. The zero-order valence-electron chi connectivity index (χ0n) is 12.6. The topological polar surface area (TPSA) is 111 Å². The van der Waals surface area contributed by atoms with Crippen molar-refractivity contribution in [3.8, 4) is 6.07 Å². The molecule has 0 radical (unpaired) electrons. The van der Waals surface area contributed by atoms with E-state index in [2.05, 4.69) is 10.6 Å². The fraction of sp³-hybridized carbons (Fsp3) is 0.188. The number of nitro benzene ring substituents is 1. The Labute approximate surface area is 137 Å². The van der Waals surface area contributed by atoms with E-state index < -0.39 is 10.7 Å². The van der Waals surface area contributed by atoms with Crippen LogP contribution < -0.4 is 10.6 Å². The number of aliphatic hydroxyl groups excluding tert-OH is 1. The van der Waals surface area contributed by atoms with Gasteiger partial charge in [-0.2, -0.15) is 5.26 Å². The van der Waals surface area contributed by atoms with Gasteiger partial charge in [0, 0.05) is 30.8 Å². The van der Waals surface area contributed by atoms with Gasteiger partial charge < -0.3 is 15.7 Å². The van der Waals surface area contributed by atoms with Crippen LogP contribution in [0.2, 0.25) is 0 Å². The number of non-ortho nitro benzene ring substituents is 1. The highest BCUT2D eigenvalue weighted by atomic mass is 19.1. The number of benzene rings is 2. The molecule has 2 aromatic rings. The van der Waals surface area contributed by atoms with Crippen molar-refractivity contribution in [1.29, 1.82) is 5.26 Å². The summed E-state index contributed by atoms with van der Waals surface area (Å²) in [5.74, 6) is -0.475. The van der Waals surface area contributed by atoms with Crippen LogP contribution in [0.15, 0.2) is 36.4 Å². The first-order chi connectivity index (χ1) is 11.5. The Kier molecular flexibility index (Phi) is 5.65. The van der Waals surface area contributed by atoms with Crippen molar-refractivity contribution < 1.29 is 14.4 Å². The maximum atomic E-state index is 13.8. The number of anilines is 2. The molecule has 0 aliphatic carbocycles. The van der Waals surface area contributed by atoms with E-state index >= 15 is 0 Å². The van der Waals surface area contributed by atoms with Crippen molar-refractivity contribution in [2.75, 3.05) is 23.8 Å². The second kappa shape index (κ2) is 7.89. The minimum atomic E-state index is -0.530. The largest absolute Gasteiger partial charge is 0.395 e. The molecule has 7 nitrogen and oxygen atoms in total. The van der Waals surface area contributed by atoms with Gasteiger partial charge >= 0.3 is 0 Å². The average molecular weight is 330 g/mol. The summed E-state index contributed by atoms with van der Waals surface area (Å²) in [6.07, 6.45) is 0. The third-order valence-electron chi connectivity index (χ3n) is 3.29. The normalized spacial score (nSPS) is 10.0. The van der Waals surface area contributed by atoms with E-state index in [1.54, 1.807) is 0 Å². The van der Waals surface area contributed by atoms with Gasteiger partial charge in [-0.15, -0.1) is 0 Å². The molecule has 0 atom stereocenters. The lowest BCUT2D eigenvalue weighted by Gasteiger charge is -2.14. The molecule has 0 saturated heterocycles. The van der Waals surface area contributed by atoms with Crippen LogP contribution in [0.3, 0.4) is 0 Å². The standard InChI is InChI=1S/C16H15FN4O3/c17-14-3-1-11(9-18)7-12(14)10-20-16-8-13(21(23)24)2-4-15(16)19-5-6-22/h1-4,7-8,19-20,22H,5-6,10H2. The number of halogens is 1. The second-order valence-corrected chi connectivity index (χ2v) is 4.91. The number of aliphatic hydroxyl groups is 1. The molecular weight excluding hydrogens is 315 g/mol. The van der Waals surface area contributed by atoms with Gasteiger partial charge in [0.2, 0.25) is 0 Å². The van der Waals surface area contributed by atoms with Crippen LogP contribution in [0.25, 0.3) is 0 Å². The molecule has 24 heavy (non-hydrogen) atoms. The summed E-state index contributed by atoms with van der Waals surface area (Å²) < 4.78 is 13.8. The van der Waals surface area contributed by atoms with Crippen molar-refractivity contribution >= 4 is 17.1 Å². The van der Waals surface area contributed by atoms with Gasteiger partial charge in [0.25, 0.3) is 5.69 Å². The third-order valence-corrected chi connectivity index (χ3v) is 3.29. The smallest absolute Gasteiger partial charge is 0.271 e. The number of nitriles is 1. The van der Waals surface area contributed by atoms with Crippen LogP contribution in [0, 0.1) is 27.3 Å². The van der Waals surface area contributed by atoms with Crippen molar-refractivity contribution in [2.24, 2.45) is 0 Å². The highest BCUT2D eigenvalue weighted by Gasteiger charge is 2.11. The van der Waals surface area contributed by atoms with Gasteiger partial charge in [-0.25, -0.2) is 4.39 Å². The molecule has 124 valence electrons. The second-order valence-electron chi connectivity index (χ2n) is 4.91. The molecule has 0 amide bonds. The zero-order valence-corrected chi connectivity index (χ0v) is 12.6. The average Bonchev–Trinajstić information content (AvgIpc) is 2.59. The van der Waals surface area contributed by atoms with Crippen molar-refractivity contribution in [1.82, 2.24) is 0 Å². The van der Waals surface area contributed by atoms with Crippen LogP contribution >= 0.6 is 0 Å². The molecule has 0 aliphatic heterocycles. The molecule has 0 fully saturated rings. The monoisotopic (exact) mass is 330 g/mol. The summed E-state index contributed by atoms with van der Waals surface area (Å²) in [6, 6.07) is 10.1. The van der Waals surface area contributed by atoms with Crippen LogP contribution in [0.4, 0.5) is 21.5 Å². The van der Waals surface area contributed by atoms with Crippen LogP contribution in [-0.4, -0.2) is 23.2 Å². The summed E-state index contributed by atoms with van der Waals surface area (Å²) in [6.45, 7) is 0.219. The van der Waals surface area contributed by atoms with Gasteiger partial charge in [0.1, 0.15) is 5.82 Å². The summed E-state index contributed by atoms with van der Waals surface area (Å²) in [5, 5.41) is 34.5. The highest BCUT2D eigenvalue weighted by Crippen LogP contribution is 2.27. The van der Waals surface area contributed by atoms with E-state index in [4.69, 9.17) is 10.4 Å². The van der Waals surface area contributed by atoms with E-state index in [1.165, 1.54) is 36.4 Å². The first kappa shape index (κ1) is 17.2. The number of nitro groups is 1. The number of nitrogens with zero attached hydrogens (tertiary/aromatic N) is 2. The van der Waals surface area contributed by atoms with Crippen molar-refractivity contribution in [3.05, 3.63) is 63.5 Å². The van der Waals surface area contributed by atoms with Crippen LogP contribution in [0.1, 0.15) is 11.1 Å². The molecular formula is C16H15FN4O3. The Morgan fingerprint density at radius 1 is 1.21 bits per heavy atom. The third kappa shape index (κ3) is 4.18. The maximum absolute atomic E-state index is 13.8. The minimum absolute atomic E-state index is 0.0519. The molecule has 0 aromatic heterocycles. The van der Waals surface area contributed by atoms with E-state index in [0.29, 0.717) is 16.9 Å². The Morgan fingerprint density at radius 3 is 2.67 bits per heavy atom. The summed E-state index contributed by atoms with van der Waals surface area (Å²) in [4.78, 5) is 10.4. The molecule has 0 unspecified atom stereocenters. The molecule has 0 spiro atoms. The van der Waals surface area contributed by atoms with Gasteiger partial charge in [-0.05, 0) is 24.3 Å². The highest BCUT2D eigenvalue weighted by molar-refractivity contribution is 5.72. The van der Waals surface area contributed by atoms with E-state index in [0.717, 1.165) is 0 Å². The maximum Gasteiger partial charge on any atom is 0.271 e. The predicted octanol–water partition coefficient (Wildman–Crippen LogP) is 2.62. The number of hydrogen-bond donors (Lipinski definition) is 3. The summed E-state index contributed by atoms with van der Waals surface area (Å²) in [5.41, 5.74) is 1.43. The Hall–Kier alpha value is -3.18. The number of hydrogen-bond acceptors (Lipinski definition) is 6. The predicted molar refractivity (Wildman–Crippen MR) is 87.1 cm³/mol. The lowest BCUT2D eigenvalue weighted by atomic mass is 10.1. The van der Waals surface area contributed by atoms with Gasteiger partial charge in [0.15, 0.2) is 0 Å². The quantitative estimate of drug-likeness (QED) is 0.531. The van der Waals surface area contributed by atoms with E-state index in [-0.39, 0.29) is 30.9 Å². The lowest BCUT2D eigenvalue weighted by Crippen LogP contribution is -2.10. The molecule has 0 heterocycles. The molecule has 0 saturated carbocycles. The van der Waals surface area contributed by atoms with Gasteiger partial charge in [-0.3, -0.25) is 10.1 Å².